The van der Waals surface area contributed by atoms with Crippen molar-refractivity contribution in [3.63, 3.8) is 0 Å². The van der Waals surface area contributed by atoms with Crippen molar-refractivity contribution in [1.82, 2.24) is 26.3 Å². The predicted molar refractivity (Wildman–Crippen MR) is 84.1 cm³/mol. The summed E-state index contributed by atoms with van der Waals surface area (Å²) in [6.45, 7) is 1.92. The fourth-order valence-electron chi connectivity index (χ4n) is 3.30. The first-order chi connectivity index (χ1) is 10.5. The molecule has 3 fully saturated rings. The molecule has 0 bridgehead atoms. The van der Waals surface area contributed by atoms with E-state index in [0.717, 1.165) is 19.5 Å². The van der Waals surface area contributed by atoms with Crippen molar-refractivity contribution in [2.75, 3.05) is 20.1 Å². The molecule has 126 valence electrons. The molecule has 1 amide bonds. The number of alkyl halides is 2. The van der Waals surface area contributed by atoms with Gasteiger partial charge in [0.1, 0.15) is 6.17 Å². The number of nitrogens with one attached hydrogen (secondary N) is 4. The van der Waals surface area contributed by atoms with Crippen LogP contribution in [0.2, 0.25) is 0 Å². The molecule has 3 rings (SSSR count). The Hall–Kier alpha value is -0.150. The predicted octanol–water partition coefficient (Wildman–Crippen LogP) is -0.287. The molecule has 3 aliphatic rings. The Balaban J connectivity index is 1.48. The second-order valence-electron chi connectivity index (χ2n) is 6.25. The zero-order chi connectivity index (χ0) is 15.7. The molecule has 1 aliphatic carbocycles. The van der Waals surface area contributed by atoms with Crippen LogP contribution in [0.5, 0.6) is 0 Å². The quantitative estimate of drug-likeness (QED) is 0.523. The largest absolute Gasteiger partial charge is 0.317 e. The number of rotatable bonds is 3. The van der Waals surface area contributed by atoms with Crippen LogP contribution in [-0.4, -0.2) is 60.4 Å². The van der Waals surface area contributed by atoms with Crippen molar-refractivity contribution in [3.8, 4) is 0 Å². The third-order valence-electron chi connectivity index (χ3n) is 4.49. The lowest BCUT2D eigenvalue weighted by Crippen LogP contribution is -2.56. The lowest BCUT2D eigenvalue weighted by Gasteiger charge is -2.29. The molecule has 0 aromatic heterocycles. The minimum atomic E-state index is -0.544. The second kappa shape index (κ2) is 7.17. The summed E-state index contributed by atoms with van der Waals surface area (Å²) in [5.74, 6) is -0.223. The summed E-state index contributed by atoms with van der Waals surface area (Å²) in [5, 5.41) is 9.38. The van der Waals surface area contributed by atoms with Gasteiger partial charge in [0, 0.05) is 29.8 Å². The van der Waals surface area contributed by atoms with Crippen molar-refractivity contribution in [2.45, 2.75) is 48.7 Å². The maximum atomic E-state index is 12.3. The molecule has 5 unspecified atom stereocenters. The zero-order valence-corrected chi connectivity index (χ0v) is 14.0. The van der Waals surface area contributed by atoms with E-state index in [2.05, 4.69) is 26.3 Å². The van der Waals surface area contributed by atoms with Gasteiger partial charge in [-0.1, -0.05) is 0 Å². The SMILES string of the molecule is CN1CCNC1C1NOC(NC(=O)C2CC(Cl)CC(Cl)C2)N1. The van der Waals surface area contributed by atoms with Crippen LogP contribution in [0.3, 0.4) is 0 Å². The highest BCUT2D eigenvalue weighted by atomic mass is 35.5. The number of hydrogen-bond donors (Lipinski definition) is 4. The summed E-state index contributed by atoms with van der Waals surface area (Å²) < 4.78 is 0. The van der Waals surface area contributed by atoms with Crippen molar-refractivity contribution in [1.29, 1.82) is 0 Å². The van der Waals surface area contributed by atoms with Crippen LogP contribution in [0.4, 0.5) is 0 Å². The highest BCUT2D eigenvalue weighted by Crippen LogP contribution is 2.31. The van der Waals surface area contributed by atoms with Gasteiger partial charge >= 0.3 is 0 Å². The second-order valence-corrected chi connectivity index (χ2v) is 7.48. The fraction of sp³-hybridized carbons (Fsp3) is 0.923. The van der Waals surface area contributed by atoms with Gasteiger partial charge in [-0.25, -0.2) is 0 Å². The first-order valence-electron chi connectivity index (χ1n) is 7.72. The molecule has 1 saturated carbocycles. The Morgan fingerprint density at radius 2 is 2.00 bits per heavy atom. The van der Waals surface area contributed by atoms with Gasteiger partial charge < -0.3 is 5.32 Å². The van der Waals surface area contributed by atoms with Crippen LogP contribution in [0, 0.1) is 5.92 Å². The van der Waals surface area contributed by atoms with E-state index in [1.807, 2.05) is 7.05 Å². The molecule has 0 aromatic rings. The topological polar surface area (TPSA) is 77.7 Å². The van der Waals surface area contributed by atoms with Crippen LogP contribution >= 0.6 is 23.2 Å². The number of halogens is 2. The number of hydroxylamine groups is 1. The maximum Gasteiger partial charge on any atom is 0.226 e. The van der Waals surface area contributed by atoms with Crippen LogP contribution in [0.1, 0.15) is 19.3 Å². The molecule has 7 nitrogen and oxygen atoms in total. The average molecular weight is 352 g/mol. The summed E-state index contributed by atoms with van der Waals surface area (Å²) in [6.07, 6.45) is 1.59. The van der Waals surface area contributed by atoms with Crippen molar-refractivity contribution < 1.29 is 9.63 Å². The van der Waals surface area contributed by atoms with Crippen LogP contribution in [0.15, 0.2) is 0 Å². The van der Waals surface area contributed by atoms with Crippen molar-refractivity contribution in [2.24, 2.45) is 5.92 Å². The van der Waals surface area contributed by atoms with E-state index in [0.29, 0.717) is 12.8 Å². The van der Waals surface area contributed by atoms with Crippen LogP contribution in [-0.2, 0) is 9.63 Å². The highest BCUT2D eigenvalue weighted by molar-refractivity contribution is 6.24. The molecule has 2 heterocycles. The average Bonchev–Trinajstić information content (AvgIpc) is 3.06. The summed E-state index contributed by atoms with van der Waals surface area (Å²) in [6, 6.07) is 0. The third-order valence-corrected chi connectivity index (χ3v) is 5.20. The molecular weight excluding hydrogens is 329 g/mol. The fourth-order valence-corrected chi connectivity index (χ4v) is 4.25. The monoisotopic (exact) mass is 351 g/mol. The molecular formula is C13H23Cl2N5O2. The van der Waals surface area contributed by atoms with Gasteiger partial charge in [0.2, 0.25) is 12.3 Å². The zero-order valence-electron chi connectivity index (χ0n) is 12.5. The van der Waals surface area contributed by atoms with E-state index in [4.69, 9.17) is 28.0 Å². The van der Waals surface area contributed by atoms with Gasteiger partial charge in [-0.2, -0.15) is 5.48 Å². The summed E-state index contributed by atoms with van der Waals surface area (Å²) >= 11 is 12.3. The lowest BCUT2D eigenvalue weighted by atomic mass is 9.88. The van der Waals surface area contributed by atoms with Crippen molar-refractivity contribution >= 4 is 29.1 Å². The molecule has 9 heteroatoms. The number of amides is 1. The first kappa shape index (κ1) is 16.7. The van der Waals surface area contributed by atoms with E-state index in [-0.39, 0.29) is 34.9 Å². The molecule has 5 atom stereocenters. The van der Waals surface area contributed by atoms with Gasteiger partial charge in [-0.3, -0.25) is 25.2 Å². The molecule has 2 saturated heterocycles. The van der Waals surface area contributed by atoms with E-state index in [1.54, 1.807) is 0 Å². The first-order valence-corrected chi connectivity index (χ1v) is 8.59. The Labute approximate surface area is 140 Å². The molecule has 4 N–H and O–H groups in total. The Morgan fingerprint density at radius 1 is 1.27 bits per heavy atom. The molecule has 0 spiro atoms. The number of nitrogens with zero attached hydrogens (tertiary/aromatic N) is 1. The molecule has 0 radical (unpaired) electrons. The van der Waals surface area contributed by atoms with Gasteiger partial charge in [-0.05, 0) is 26.3 Å². The van der Waals surface area contributed by atoms with Crippen LogP contribution < -0.4 is 21.4 Å². The Bertz CT molecular complexity index is 406. The number of likely N-dealkylation sites (N-methyl/N-ethyl adjacent to an activating group) is 1. The van der Waals surface area contributed by atoms with E-state index in [9.17, 15) is 4.79 Å². The molecule has 2 aliphatic heterocycles. The summed E-state index contributed by atoms with van der Waals surface area (Å²) in [4.78, 5) is 19.9. The molecule has 0 aromatic carbocycles. The number of carbonyl (C=O) groups excluding carboxylic acids is 1. The number of hydrogen-bond acceptors (Lipinski definition) is 6. The maximum absolute atomic E-state index is 12.3. The van der Waals surface area contributed by atoms with Gasteiger partial charge in [0.25, 0.3) is 0 Å². The lowest BCUT2D eigenvalue weighted by molar-refractivity contribution is -0.131. The van der Waals surface area contributed by atoms with E-state index < -0.39 is 6.35 Å². The Morgan fingerprint density at radius 3 is 2.64 bits per heavy atom. The van der Waals surface area contributed by atoms with Crippen molar-refractivity contribution in [3.05, 3.63) is 0 Å². The van der Waals surface area contributed by atoms with Gasteiger partial charge in [-0.15, -0.1) is 23.2 Å². The standard InChI is InChI=1S/C13H23Cl2N5O2/c1-20-3-2-16-11(20)10-17-13(22-19-10)18-12(21)7-4-8(14)6-9(15)5-7/h7-11,13,16-17,19H,2-6H2,1H3,(H,18,21). The summed E-state index contributed by atoms with van der Waals surface area (Å²) in [5.41, 5.74) is 2.92. The Kier molecular flexibility index (Phi) is 5.44. The van der Waals surface area contributed by atoms with Gasteiger partial charge in [0.05, 0.1) is 6.17 Å². The van der Waals surface area contributed by atoms with E-state index >= 15 is 0 Å². The minimum Gasteiger partial charge on any atom is -0.317 e. The number of carbonyl (C=O) groups is 1. The minimum absolute atomic E-state index is 0.0355. The summed E-state index contributed by atoms with van der Waals surface area (Å²) in [7, 11) is 2.04. The smallest absolute Gasteiger partial charge is 0.226 e. The normalized spacial score (nSPS) is 43.4. The van der Waals surface area contributed by atoms with Gasteiger partial charge in [0.15, 0.2) is 0 Å². The van der Waals surface area contributed by atoms with Crippen LogP contribution in [0.25, 0.3) is 0 Å². The molecule has 22 heavy (non-hydrogen) atoms. The third kappa shape index (κ3) is 3.84. The highest BCUT2D eigenvalue weighted by Gasteiger charge is 2.37. The van der Waals surface area contributed by atoms with E-state index in [1.165, 1.54) is 0 Å².